The number of rotatable bonds is 3. The van der Waals surface area contributed by atoms with E-state index in [2.05, 4.69) is 4.74 Å². The number of esters is 1. The molecule has 1 N–H and O–H groups in total. The largest absolute Gasteiger partial charge is 0.481 e. The normalized spacial score (nSPS) is 37.1. The molecular formula is C12H18O4. The number of carbonyl (C=O) groups is 2. The average molecular weight is 226 g/mol. The van der Waals surface area contributed by atoms with Gasteiger partial charge in [0.2, 0.25) is 0 Å². The molecule has 2 unspecified atom stereocenters. The number of hydrogen-bond donors (Lipinski definition) is 1. The van der Waals surface area contributed by atoms with Crippen LogP contribution < -0.4 is 0 Å². The molecule has 4 nitrogen and oxygen atoms in total. The van der Waals surface area contributed by atoms with Gasteiger partial charge in [-0.1, -0.05) is 19.3 Å². The van der Waals surface area contributed by atoms with E-state index in [-0.39, 0.29) is 18.3 Å². The Bertz CT molecular complexity index is 298. The van der Waals surface area contributed by atoms with Crippen LogP contribution >= 0.6 is 0 Å². The highest BCUT2D eigenvalue weighted by molar-refractivity contribution is 5.86. The molecule has 0 radical (unpaired) electrons. The molecule has 90 valence electrons. The van der Waals surface area contributed by atoms with Crippen LogP contribution in [0.15, 0.2) is 0 Å². The lowest BCUT2D eigenvalue weighted by Gasteiger charge is -2.13. The van der Waals surface area contributed by atoms with Crippen molar-refractivity contribution in [3.8, 4) is 0 Å². The second-order valence-electron chi connectivity index (χ2n) is 4.95. The van der Waals surface area contributed by atoms with E-state index in [4.69, 9.17) is 0 Å². The molecule has 2 atom stereocenters. The number of aliphatic carboxylic acids is 1. The Hall–Kier alpha value is -1.06. The van der Waals surface area contributed by atoms with Crippen molar-refractivity contribution in [2.24, 2.45) is 17.3 Å². The first-order valence-corrected chi connectivity index (χ1v) is 5.93. The van der Waals surface area contributed by atoms with Crippen LogP contribution in [0.3, 0.4) is 0 Å². The maximum atomic E-state index is 11.4. The molecule has 4 heteroatoms. The fourth-order valence-electron chi connectivity index (χ4n) is 3.39. The van der Waals surface area contributed by atoms with E-state index in [1.54, 1.807) is 0 Å². The molecule has 0 heterocycles. The summed E-state index contributed by atoms with van der Waals surface area (Å²) in [6.07, 6.45) is 5.34. The summed E-state index contributed by atoms with van der Waals surface area (Å²) in [5.74, 6) is -0.802. The topological polar surface area (TPSA) is 63.6 Å². The third-order valence-corrected chi connectivity index (χ3v) is 4.29. The van der Waals surface area contributed by atoms with Crippen molar-refractivity contribution in [2.45, 2.75) is 38.5 Å². The number of ether oxygens (including phenoxy) is 1. The Morgan fingerprint density at radius 1 is 1.25 bits per heavy atom. The van der Waals surface area contributed by atoms with Crippen molar-refractivity contribution >= 4 is 11.9 Å². The van der Waals surface area contributed by atoms with E-state index in [1.807, 2.05) is 0 Å². The van der Waals surface area contributed by atoms with E-state index in [1.165, 1.54) is 13.5 Å². The third kappa shape index (κ3) is 1.60. The highest BCUT2D eigenvalue weighted by Crippen LogP contribution is 2.66. The van der Waals surface area contributed by atoms with Gasteiger partial charge in [0, 0.05) is 0 Å². The number of carboxylic acids is 1. The lowest BCUT2D eigenvalue weighted by molar-refractivity contribution is -0.152. The van der Waals surface area contributed by atoms with E-state index >= 15 is 0 Å². The van der Waals surface area contributed by atoms with Crippen LogP contribution in [0.5, 0.6) is 0 Å². The highest BCUT2D eigenvalue weighted by Gasteiger charge is 2.69. The van der Waals surface area contributed by atoms with Gasteiger partial charge in [0.25, 0.3) is 0 Å². The number of carboxylic acid groups (broad SMARTS) is 1. The number of hydrogen-bond acceptors (Lipinski definition) is 3. The van der Waals surface area contributed by atoms with Crippen molar-refractivity contribution in [3.63, 3.8) is 0 Å². The summed E-state index contributed by atoms with van der Waals surface area (Å²) < 4.78 is 4.61. The first kappa shape index (κ1) is 11.4. The first-order chi connectivity index (χ1) is 7.63. The summed E-state index contributed by atoms with van der Waals surface area (Å²) in [7, 11) is 1.32. The number of methoxy groups -OCH3 is 1. The molecule has 0 spiro atoms. The molecule has 2 rings (SSSR count). The average Bonchev–Trinajstić information content (AvgIpc) is 2.92. The van der Waals surface area contributed by atoms with Crippen LogP contribution in [0.4, 0.5) is 0 Å². The Labute approximate surface area is 95.0 Å². The van der Waals surface area contributed by atoms with Gasteiger partial charge < -0.3 is 9.84 Å². The molecule has 0 saturated heterocycles. The quantitative estimate of drug-likeness (QED) is 0.746. The van der Waals surface area contributed by atoms with Gasteiger partial charge in [0.15, 0.2) is 0 Å². The third-order valence-electron chi connectivity index (χ3n) is 4.29. The van der Waals surface area contributed by atoms with E-state index in [9.17, 15) is 14.7 Å². The number of carbonyl (C=O) groups excluding carboxylic acids is 1. The minimum atomic E-state index is -0.810. The molecular weight excluding hydrogens is 208 g/mol. The van der Waals surface area contributed by atoms with Crippen molar-refractivity contribution in [3.05, 3.63) is 0 Å². The van der Waals surface area contributed by atoms with Gasteiger partial charge in [-0.05, 0) is 24.7 Å². The summed E-state index contributed by atoms with van der Waals surface area (Å²) in [6, 6.07) is 0. The lowest BCUT2D eigenvalue weighted by atomic mass is 9.93. The molecule has 2 fully saturated rings. The Morgan fingerprint density at radius 3 is 2.25 bits per heavy atom. The Morgan fingerprint density at radius 2 is 1.81 bits per heavy atom. The van der Waals surface area contributed by atoms with Crippen LogP contribution in [0.25, 0.3) is 0 Å². The molecule has 0 amide bonds. The van der Waals surface area contributed by atoms with Gasteiger partial charge in [0.05, 0.1) is 18.9 Å². The van der Waals surface area contributed by atoms with Gasteiger partial charge in [0.1, 0.15) is 0 Å². The van der Waals surface area contributed by atoms with Crippen LogP contribution in [-0.4, -0.2) is 24.2 Å². The molecule has 2 aliphatic carbocycles. The molecule has 0 bridgehead atoms. The zero-order valence-electron chi connectivity index (χ0n) is 9.57. The van der Waals surface area contributed by atoms with Gasteiger partial charge in [-0.2, -0.15) is 0 Å². The van der Waals surface area contributed by atoms with Crippen LogP contribution in [-0.2, 0) is 14.3 Å². The summed E-state index contributed by atoms with van der Waals surface area (Å²) in [6.45, 7) is 0. The highest BCUT2D eigenvalue weighted by atomic mass is 16.5. The van der Waals surface area contributed by atoms with Gasteiger partial charge in [-0.3, -0.25) is 9.59 Å². The summed E-state index contributed by atoms with van der Waals surface area (Å²) in [5, 5.41) is 9.36. The number of fused-ring (bicyclic) bond motifs is 1. The summed E-state index contributed by atoms with van der Waals surface area (Å²) in [5.41, 5.74) is -0.798. The Balaban J connectivity index is 2.13. The van der Waals surface area contributed by atoms with Crippen LogP contribution in [0.1, 0.15) is 38.5 Å². The van der Waals surface area contributed by atoms with E-state index in [0.29, 0.717) is 0 Å². The van der Waals surface area contributed by atoms with Crippen LogP contribution in [0.2, 0.25) is 0 Å². The van der Waals surface area contributed by atoms with Crippen LogP contribution in [0, 0.1) is 17.3 Å². The van der Waals surface area contributed by atoms with Crippen molar-refractivity contribution < 1.29 is 19.4 Å². The predicted molar refractivity (Wildman–Crippen MR) is 56.8 cm³/mol. The molecule has 2 saturated carbocycles. The second-order valence-corrected chi connectivity index (χ2v) is 4.95. The predicted octanol–water partition coefficient (Wildman–Crippen LogP) is 1.83. The van der Waals surface area contributed by atoms with Crippen molar-refractivity contribution in [1.82, 2.24) is 0 Å². The maximum absolute atomic E-state index is 11.4. The van der Waals surface area contributed by atoms with Gasteiger partial charge in [-0.25, -0.2) is 0 Å². The fourth-order valence-corrected chi connectivity index (χ4v) is 3.39. The molecule has 0 aromatic heterocycles. The zero-order valence-corrected chi connectivity index (χ0v) is 9.57. The molecule has 0 aliphatic heterocycles. The first-order valence-electron chi connectivity index (χ1n) is 5.93. The summed E-state index contributed by atoms with van der Waals surface area (Å²) >= 11 is 0. The zero-order chi connectivity index (χ0) is 11.8. The minimum Gasteiger partial charge on any atom is -0.481 e. The molecule has 0 aromatic rings. The van der Waals surface area contributed by atoms with Gasteiger partial charge >= 0.3 is 11.9 Å². The standard InChI is InChI=1S/C12H18O4/c1-16-10(13)7-12(11(14)15)8-5-3-2-4-6-9(8)12/h8-9H,2-7H2,1H3,(H,14,15). The second kappa shape index (κ2) is 4.07. The monoisotopic (exact) mass is 226 g/mol. The van der Waals surface area contributed by atoms with E-state index < -0.39 is 17.4 Å². The molecule has 2 aliphatic rings. The Kier molecular flexibility index (Phi) is 2.91. The van der Waals surface area contributed by atoms with Gasteiger partial charge in [-0.15, -0.1) is 0 Å². The maximum Gasteiger partial charge on any atom is 0.310 e. The smallest absolute Gasteiger partial charge is 0.310 e. The summed E-state index contributed by atoms with van der Waals surface area (Å²) in [4.78, 5) is 22.7. The lowest BCUT2D eigenvalue weighted by Crippen LogP contribution is -2.24. The van der Waals surface area contributed by atoms with Crippen molar-refractivity contribution in [1.29, 1.82) is 0 Å². The minimum absolute atomic E-state index is 0.0498. The van der Waals surface area contributed by atoms with E-state index in [0.717, 1.165) is 25.7 Å². The SMILES string of the molecule is COC(=O)CC1(C(=O)O)C2CCCCCC21. The fraction of sp³-hybridized carbons (Fsp3) is 0.833. The van der Waals surface area contributed by atoms with Crippen molar-refractivity contribution in [2.75, 3.05) is 7.11 Å². The molecule has 0 aromatic carbocycles. The molecule has 16 heavy (non-hydrogen) atoms.